The van der Waals surface area contributed by atoms with Gasteiger partial charge in [-0.25, -0.2) is 0 Å². The van der Waals surface area contributed by atoms with E-state index >= 15 is 0 Å². The van der Waals surface area contributed by atoms with E-state index in [1.54, 1.807) is 30.3 Å². The number of carbonyl (C=O) groups is 2. The minimum atomic E-state index is -0.525. The molecule has 0 aliphatic carbocycles. The minimum Gasteiger partial charge on any atom is -0.496 e. The zero-order valence-electron chi connectivity index (χ0n) is 13.4. The van der Waals surface area contributed by atoms with Crippen LogP contribution in [0.3, 0.4) is 0 Å². The van der Waals surface area contributed by atoms with Crippen LogP contribution in [0.5, 0.6) is 17.2 Å². The smallest absolute Gasteiger partial charge is 0.262 e. The number of rotatable bonds is 7. The fraction of sp³-hybridized carbons (Fsp3) is 0.176. The van der Waals surface area contributed by atoms with Gasteiger partial charge in [0, 0.05) is 29.4 Å². The standard InChI is InChI=1S/C17H18N2O5/c1-22-13-7-14(23-2)9-15(8-13)24-10-16(20)19-12-5-3-11(4-6-12)17(18)21/h3-9H,10H2,1-2H3,(H2,18,21)(H,19,20). The van der Waals surface area contributed by atoms with E-state index in [2.05, 4.69) is 5.32 Å². The van der Waals surface area contributed by atoms with Crippen LogP contribution in [-0.4, -0.2) is 32.6 Å². The third-order valence-corrected chi connectivity index (χ3v) is 3.15. The molecule has 126 valence electrons. The first kappa shape index (κ1) is 17.1. The highest BCUT2D eigenvalue weighted by Crippen LogP contribution is 2.27. The van der Waals surface area contributed by atoms with Gasteiger partial charge >= 0.3 is 0 Å². The van der Waals surface area contributed by atoms with Crippen molar-refractivity contribution in [1.29, 1.82) is 0 Å². The van der Waals surface area contributed by atoms with Crippen LogP contribution in [0.2, 0.25) is 0 Å². The number of benzene rings is 2. The van der Waals surface area contributed by atoms with Gasteiger partial charge in [0.15, 0.2) is 6.61 Å². The molecule has 3 N–H and O–H groups in total. The molecule has 0 heterocycles. The average Bonchev–Trinajstić information content (AvgIpc) is 2.60. The Labute approximate surface area is 139 Å². The first-order chi connectivity index (χ1) is 11.5. The number of nitrogens with two attached hydrogens (primary N) is 1. The van der Waals surface area contributed by atoms with Gasteiger partial charge in [0.2, 0.25) is 5.91 Å². The number of anilines is 1. The van der Waals surface area contributed by atoms with Crippen molar-refractivity contribution in [3.63, 3.8) is 0 Å². The molecule has 0 aliphatic heterocycles. The molecular formula is C17H18N2O5. The van der Waals surface area contributed by atoms with Gasteiger partial charge in [-0.1, -0.05) is 0 Å². The summed E-state index contributed by atoms with van der Waals surface area (Å²) in [5, 5.41) is 2.66. The molecule has 2 aromatic carbocycles. The molecule has 0 saturated heterocycles. The summed E-state index contributed by atoms with van der Waals surface area (Å²) in [6, 6.07) is 11.2. The molecule has 0 unspecified atom stereocenters. The Balaban J connectivity index is 1.94. The number of hydrogen-bond acceptors (Lipinski definition) is 5. The predicted octanol–water partition coefficient (Wildman–Crippen LogP) is 1.82. The Kier molecular flexibility index (Phi) is 5.62. The molecule has 2 aromatic rings. The fourth-order valence-corrected chi connectivity index (χ4v) is 1.93. The van der Waals surface area contributed by atoms with Crippen molar-refractivity contribution in [2.24, 2.45) is 5.73 Å². The number of nitrogens with one attached hydrogen (secondary N) is 1. The molecule has 0 fully saturated rings. The van der Waals surface area contributed by atoms with E-state index in [1.807, 2.05) is 0 Å². The van der Waals surface area contributed by atoms with Crippen LogP contribution in [0.25, 0.3) is 0 Å². The number of carbonyl (C=O) groups excluding carboxylic acids is 2. The van der Waals surface area contributed by atoms with E-state index in [0.29, 0.717) is 28.5 Å². The summed E-state index contributed by atoms with van der Waals surface area (Å²) in [5.41, 5.74) is 6.06. The highest BCUT2D eigenvalue weighted by atomic mass is 16.5. The second-order valence-electron chi connectivity index (χ2n) is 4.83. The van der Waals surface area contributed by atoms with Crippen molar-refractivity contribution in [3.8, 4) is 17.2 Å². The SMILES string of the molecule is COc1cc(OC)cc(OCC(=O)Nc2ccc(C(N)=O)cc2)c1. The highest BCUT2D eigenvalue weighted by molar-refractivity contribution is 5.95. The second-order valence-corrected chi connectivity index (χ2v) is 4.83. The van der Waals surface area contributed by atoms with E-state index in [9.17, 15) is 9.59 Å². The van der Waals surface area contributed by atoms with Crippen molar-refractivity contribution in [1.82, 2.24) is 0 Å². The lowest BCUT2D eigenvalue weighted by molar-refractivity contribution is -0.118. The van der Waals surface area contributed by atoms with Gasteiger partial charge in [0.25, 0.3) is 5.91 Å². The van der Waals surface area contributed by atoms with Crippen molar-refractivity contribution in [2.75, 3.05) is 26.1 Å². The Hall–Kier alpha value is -3.22. The Morgan fingerprint density at radius 2 is 1.50 bits per heavy atom. The summed E-state index contributed by atoms with van der Waals surface area (Å²) in [6.07, 6.45) is 0. The van der Waals surface area contributed by atoms with Crippen molar-refractivity contribution in [2.45, 2.75) is 0 Å². The molecule has 7 heteroatoms. The maximum Gasteiger partial charge on any atom is 0.262 e. The fourth-order valence-electron chi connectivity index (χ4n) is 1.93. The van der Waals surface area contributed by atoms with Gasteiger partial charge in [0.05, 0.1) is 14.2 Å². The maximum absolute atomic E-state index is 11.9. The lowest BCUT2D eigenvalue weighted by Crippen LogP contribution is -2.20. The Morgan fingerprint density at radius 1 is 0.958 bits per heavy atom. The summed E-state index contributed by atoms with van der Waals surface area (Å²) in [5.74, 6) is 0.704. The zero-order valence-corrected chi connectivity index (χ0v) is 13.4. The third-order valence-electron chi connectivity index (χ3n) is 3.15. The van der Waals surface area contributed by atoms with Crippen LogP contribution < -0.4 is 25.3 Å². The predicted molar refractivity (Wildman–Crippen MR) is 88.6 cm³/mol. The summed E-state index contributed by atoms with van der Waals surface area (Å²) < 4.78 is 15.7. The number of methoxy groups -OCH3 is 2. The van der Waals surface area contributed by atoms with E-state index in [4.69, 9.17) is 19.9 Å². The second kappa shape index (κ2) is 7.87. The molecular weight excluding hydrogens is 312 g/mol. The number of amides is 2. The molecule has 0 saturated carbocycles. The molecule has 7 nitrogen and oxygen atoms in total. The monoisotopic (exact) mass is 330 g/mol. The maximum atomic E-state index is 11.9. The molecule has 0 atom stereocenters. The van der Waals surface area contributed by atoms with E-state index < -0.39 is 5.91 Å². The first-order valence-electron chi connectivity index (χ1n) is 7.07. The topological polar surface area (TPSA) is 99.9 Å². The lowest BCUT2D eigenvalue weighted by atomic mass is 10.2. The summed E-state index contributed by atoms with van der Waals surface area (Å²) >= 11 is 0. The molecule has 24 heavy (non-hydrogen) atoms. The normalized spacial score (nSPS) is 9.92. The Morgan fingerprint density at radius 3 is 2.00 bits per heavy atom. The van der Waals surface area contributed by atoms with Crippen molar-refractivity contribution >= 4 is 17.5 Å². The van der Waals surface area contributed by atoms with E-state index in [1.165, 1.54) is 26.4 Å². The van der Waals surface area contributed by atoms with E-state index in [0.717, 1.165) is 0 Å². The molecule has 0 aromatic heterocycles. The van der Waals surface area contributed by atoms with Crippen molar-refractivity contribution in [3.05, 3.63) is 48.0 Å². The lowest BCUT2D eigenvalue weighted by Gasteiger charge is -2.10. The summed E-state index contributed by atoms with van der Waals surface area (Å²) in [4.78, 5) is 22.9. The zero-order chi connectivity index (χ0) is 17.5. The third kappa shape index (κ3) is 4.64. The summed E-state index contributed by atoms with van der Waals surface area (Å²) in [7, 11) is 3.06. The number of primary amides is 1. The first-order valence-corrected chi connectivity index (χ1v) is 7.07. The van der Waals surface area contributed by atoms with Crippen LogP contribution in [-0.2, 0) is 4.79 Å². The molecule has 0 radical (unpaired) electrons. The largest absolute Gasteiger partial charge is 0.496 e. The quantitative estimate of drug-likeness (QED) is 0.806. The van der Waals surface area contributed by atoms with Crippen LogP contribution >= 0.6 is 0 Å². The van der Waals surface area contributed by atoms with Crippen LogP contribution in [0.1, 0.15) is 10.4 Å². The van der Waals surface area contributed by atoms with E-state index in [-0.39, 0.29) is 12.5 Å². The summed E-state index contributed by atoms with van der Waals surface area (Å²) in [6.45, 7) is -0.187. The van der Waals surface area contributed by atoms with Gasteiger partial charge in [-0.05, 0) is 24.3 Å². The molecule has 0 spiro atoms. The molecule has 0 bridgehead atoms. The molecule has 2 rings (SSSR count). The van der Waals surface area contributed by atoms with Gasteiger partial charge in [0.1, 0.15) is 17.2 Å². The van der Waals surface area contributed by atoms with Gasteiger partial charge in [-0.2, -0.15) is 0 Å². The van der Waals surface area contributed by atoms with Crippen LogP contribution in [0.15, 0.2) is 42.5 Å². The highest BCUT2D eigenvalue weighted by Gasteiger charge is 2.07. The number of hydrogen-bond donors (Lipinski definition) is 2. The molecule has 2 amide bonds. The van der Waals surface area contributed by atoms with Gasteiger partial charge < -0.3 is 25.3 Å². The average molecular weight is 330 g/mol. The van der Waals surface area contributed by atoms with Gasteiger partial charge in [-0.3, -0.25) is 9.59 Å². The van der Waals surface area contributed by atoms with Crippen LogP contribution in [0, 0.1) is 0 Å². The van der Waals surface area contributed by atoms with Crippen molar-refractivity contribution < 1.29 is 23.8 Å². The van der Waals surface area contributed by atoms with Crippen LogP contribution in [0.4, 0.5) is 5.69 Å². The molecule has 0 aliphatic rings. The Bertz CT molecular complexity index is 706. The van der Waals surface area contributed by atoms with Gasteiger partial charge in [-0.15, -0.1) is 0 Å². The number of ether oxygens (including phenoxy) is 3. The minimum absolute atomic E-state index is 0.187.